The van der Waals surface area contributed by atoms with E-state index in [9.17, 15) is 9.59 Å². The van der Waals surface area contributed by atoms with Gasteiger partial charge in [0.25, 0.3) is 0 Å². The minimum atomic E-state index is -0.220. The Morgan fingerprint density at radius 2 is 1.47 bits per heavy atom. The average Bonchev–Trinajstić information content (AvgIpc) is 2.84. The first-order valence-corrected chi connectivity index (χ1v) is 13.3. The van der Waals surface area contributed by atoms with E-state index in [0.717, 1.165) is 60.3 Å². The van der Waals surface area contributed by atoms with Crippen molar-refractivity contribution in [1.82, 2.24) is 10.2 Å². The number of hydrogen-bond acceptors (Lipinski definition) is 5. The number of ether oxygens (including phenoxy) is 1. The molecular weight excluding hydrogens is 450 g/mol. The van der Waals surface area contributed by atoms with Crippen molar-refractivity contribution in [2.75, 3.05) is 37.6 Å². The van der Waals surface area contributed by atoms with Crippen LogP contribution in [0, 0.1) is 27.7 Å². The number of anilines is 1. The summed E-state index contributed by atoms with van der Waals surface area (Å²) in [4.78, 5) is 29.7. The summed E-state index contributed by atoms with van der Waals surface area (Å²) in [6, 6.07) is 12.3. The van der Waals surface area contributed by atoms with Gasteiger partial charge in [0.1, 0.15) is 5.75 Å². The zero-order valence-electron chi connectivity index (χ0n) is 23.3. The van der Waals surface area contributed by atoms with Crippen LogP contribution < -0.4 is 15.0 Å². The molecule has 0 saturated carbocycles. The van der Waals surface area contributed by atoms with Crippen LogP contribution in [-0.4, -0.2) is 55.5 Å². The van der Waals surface area contributed by atoms with Gasteiger partial charge in [-0.1, -0.05) is 50.2 Å². The number of amides is 1. The highest BCUT2D eigenvalue weighted by Crippen LogP contribution is 2.25. The number of esters is 1. The maximum absolute atomic E-state index is 12.9. The van der Waals surface area contributed by atoms with Gasteiger partial charge in [0.2, 0.25) is 5.91 Å². The van der Waals surface area contributed by atoms with Crippen molar-refractivity contribution in [3.05, 3.63) is 58.7 Å². The topological polar surface area (TPSA) is 61.9 Å². The van der Waals surface area contributed by atoms with Crippen molar-refractivity contribution in [1.29, 1.82) is 0 Å². The second-order valence-electron chi connectivity index (χ2n) is 9.52. The standard InChI is InChI=1S/C30H45N3O3/c1-8-26(32(9-2)21-28(35)36-30-24(6)16-12-17-25(30)7)18-13-19-31-20-27(34)33(10-3)29-22(4)14-11-15-23(29)5/h11-12,14-17,26,31H,8-10,13,18-21H2,1-7H3. The SMILES string of the molecule is CCC(CCCNCC(=O)N(CC)c1c(C)cccc1C)N(CC)CC(=O)Oc1c(C)cccc1C. The fourth-order valence-electron chi connectivity index (χ4n) is 4.86. The first kappa shape index (κ1) is 29.5. The summed E-state index contributed by atoms with van der Waals surface area (Å²) < 4.78 is 5.72. The molecule has 0 aliphatic rings. The maximum Gasteiger partial charge on any atom is 0.325 e. The molecule has 1 atom stereocenters. The average molecular weight is 496 g/mol. The van der Waals surface area contributed by atoms with Gasteiger partial charge in [0, 0.05) is 18.3 Å². The Balaban J connectivity index is 1.83. The van der Waals surface area contributed by atoms with E-state index in [0.29, 0.717) is 24.9 Å². The third-order valence-electron chi connectivity index (χ3n) is 6.84. The van der Waals surface area contributed by atoms with E-state index in [1.54, 1.807) is 0 Å². The highest BCUT2D eigenvalue weighted by atomic mass is 16.5. The van der Waals surface area contributed by atoms with Crippen molar-refractivity contribution in [2.24, 2.45) is 0 Å². The molecule has 0 spiro atoms. The summed E-state index contributed by atoms with van der Waals surface area (Å²) in [6.45, 7) is 17.1. The predicted molar refractivity (Wildman–Crippen MR) is 149 cm³/mol. The molecule has 198 valence electrons. The van der Waals surface area contributed by atoms with E-state index >= 15 is 0 Å². The van der Waals surface area contributed by atoms with Gasteiger partial charge in [-0.15, -0.1) is 0 Å². The first-order chi connectivity index (χ1) is 17.2. The normalized spacial score (nSPS) is 12.0. The third-order valence-corrected chi connectivity index (χ3v) is 6.84. The lowest BCUT2D eigenvalue weighted by Crippen LogP contribution is -2.41. The maximum atomic E-state index is 12.9. The summed E-state index contributed by atoms with van der Waals surface area (Å²) >= 11 is 0. The fraction of sp³-hybridized carbons (Fsp3) is 0.533. The number of likely N-dealkylation sites (N-methyl/N-ethyl adjacent to an activating group) is 2. The number of rotatable bonds is 14. The summed E-state index contributed by atoms with van der Waals surface area (Å²) in [5, 5.41) is 3.33. The number of nitrogens with zero attached hydrogens (tertiary/aromatic N) is 2. The van der Waals surface area contributed by atoms with Crippen LogP contribution in [0.5, 0.6) is 5.75 Å². The molecule has 0 saturated heterocycles. The first-order valence-electron chi connectivity index (χ1n) is 13.3. The lowest BCUT2D eigenvalue weighted by atomic mass is 10.1. The Morgan fingerprint density at radius 3 is 2.00 bits per heavy atom. The van der Waals surface area contributed by atoms with Crippen LogP contribution in [0.1, 0.15) is 62.3 Å². The zero-order valence-corrected chi connectivity index (χ0v) is 23.3. The molecule has 6 nitrogen and oxygen atoms in total. The molecule has 6 heteroatoms. The molecule has 0 radical (unpaired) electrons. The van der Waals surface area contributed by atoms with Gasteiger partial charge < -0.3 is 15.0 Å². The molecule has 2 aromatic rings. The van der Waals surface area contributed by atoms with Crippen LogP contribution >= 0.6 is 0 Å². The fourth-order valence-corrected chi connectivity index (χ4v) is 4.86. The van der Waals surface area contributed by atoms with Crippen LogP contribution in [0.3, 0.4) is 0 Å². The second-order valence-corrected chi connectivity index (χ2v) is 9.52. The second kappa shape index (κ2) is 14.8. The monoisotopic (exact) mass is 495 g/mol. The van der Waals surface area contributed by atoms with Gasteiger partial charge in [-0.05, 0) is 89.2 Å². The van der Waals surface area contributed by atoms with Crippen LogP contribution in [-0.2, 0) is 9.59 Å². The van der Waals surface area contributed by atoms with Gasteiger partial charge in [0.15, 0.2) is 0 Å². The van der Waals surface area contributed by atoms with Gasteiger partial charge in [0.05, 0.1) is 13.1 Å². The van der Waals surface area contributed by atoms with Crippen molar-refractivity contribution >= 4 is 17.6 Å². The van der Waals surface area contributed by atoms with E-state index in [4.69, 9.17) is 4.74 Å². The van der Waals surface area contributed by atoms with E-state index in [1.807, 2.05) is 75.9 Å². The van der Waals surface area contributed by atoms with Gasteiger partial charge in [-0.25, -0.2) is 0 Å². The highest BCUT2D eigenvalue weighted by Gasteiger charge is 2.21. The van der Waals surface area contributed by atoms with Crippen molar-refractivity contribution < 1.29 is 14.3 Å². The molecule has 36 heavy (non-hydrogen) atoms. The molecular formula is C30H45N3O3. The Hall–Kier alpha value is -2.70. The molecule has 0 aliphatic carbocycles. The Bertz CT molecular complexity index is 964. The predicted octanol–water partition coefficient (Wildman–Crippen LogP) is 5.35. The largest absolute Gasteiger partial charge is 0.425 e. The minimum Gasteiger partial charge on any atom is -0.425 e. The number of nitrogens with one attached hydrogen (secondary N) is 1. The number of aryl methyl sites for hydroxylation is 4. The summed E-state index contributed by atoms with van der Waals surface area (Å²) in [5.41, 5.74) is 5.19. The van der Waals surface area contributed by atoms with Gasteiger partial charge >= 0.3 is 5.97 Å². The summed E-state index contributed by atoms with van der Waals surface area (Å²) in [6.07, 6.45) is 2.85. The van der Waals surface area contributed by atoms with Crippen LogP contribution in [0.15, 0.2) is 36.4 Å². The molecule has 0 aromatic heterocycles. The highest BCUT2D eigenvalue weighted by molar-refractivity contribution is 5.96. The number of carbonyl (C=O) groups excluding carboxylic acids is 2. The molecule has 2 aromatic carbocycles. The van der Waals surface area contributed by atoms with E-state index in [-0.39, 0.29) is 18.4 Å². The number of para-hydroxylation sites is 2. The van der Waals surface area contributed by atoms with E-state index < -0.39 is 0 Å². The number of benzene rings is 2. The Labute approximate surface area is 218 Å². The minimum absolute atomic E-state index is 0.0892. The summed E-state index contributed by atoms with van der Waals surface area (Å²) in [5.74, 6) is 0.538. The molecule has 0 fully saturated rings. The van der Waals surface area contributed by atoms with E-state index in [2.05, 4.69) is 24.1 Å². The molecule has 0 aliphatic heterocycles. The molecule has 2 rings (SSSR count). The van der Waals surface area contributed by atoms with Gasteiger partial charge in [-0.2, -0.15) is 0 Å². The summed E-state index contributed by atoms with van der Waals surface area (Å²) in [7, 11) is 0. The molecule has 0 bridgehead atoms. The zero-order chi connectivity index (χ0) is 26.7. The van der Waals surface area contributed by atoms with Crippen molar-refractivity contribution in [3.63, 3.8) is 0 Å². The Kier molecular flexibility index (Phi) is 12.1. The van der Waals surface area contributed by atoms with Crippen LogP contribution in [0.25, 0.3) is 0 Å². The van der Waals surface area contributed by atoms with Crippen LogP contribution in [0.4, 0.5) is 5.69 Å². The van der Waals surface area contributed by atoms with Gasteiger partial charge in [-0.3, -0.25) is 14.5 Å². The molecule has 1 unspecified atom stereocenters. The lowest BCUT2D eigenvalue weighted by molar-refractivity contribution is -0.136. The lowest BCUT2D eigenvalue weighted by Gasteiger charge is -2.29. The molecule has 1 N–H and O–H groups in total. The van der Waals surface area contributed by atoms with Crippen molar-refractivity contribution in [3.8, 4) is 5.75 Å². The molecule has 1 amide bonds. The number of carbonyl (C=O) groups is 2. The Morgan fingerprint density at radius 1 is 0.889 bits per heavy atom. The smallest absolute Gasteiger partial charge is 0.325 e. The number of hydrogen-bond donors (Lipinski definition) is 1. The van der Waals surface area contributed by atoms with E-state index in [1.165, 1.54) is 0 Å². The molecule has 0 heterocycles. The van der Waals surface area contributed by atoms with Crippen molar-refractivity contribution in [2.45, 2.75) is 73.8 Å². The van der Waals surface area contributed by atoms with Crippen LogP contribution in [0.2, 0.25) is 0 Å². The third kappa shape index (κ3) is 8.17. The quantitative estimate of drug-likeness (QED) is 0.217.